The highest BCUT2D eigenvalue weighted by molar-refractivity contribution is 5.90. The van der Waals surface area contributed by atoms with Gasteiger partial charge in [-0.3, -0.25) is 9.59 Å². The van der Waals surface area contributed by atoms with Gasteiger partial charge in [0.05, 0.1) is 17.9 Å². The van der Waals surface area contributed by atoms with Gasteiger partial charge >= 0.3 is 0 Å². The van der Waals surface area contributed by atoms with Crippen molar-refractivity contribution in [2.75, 3.05) is 13.6 Å². The SMILES string of the molecule is CNC(=O)C1CC(O)CN1C(=O)[C@@H](n1cc(-c2cccc(C(C)(C)O)c2)nn1)C(C)(C)C. The summed E-state index contributed by atoms with van der Waals surface area (Å²) in [5.41, 5.74) is 0.560. The Kier molecular flexibility index (Phi) is 6.44. The number of carbonyl (C=O) groups is 2. The van der Waals surface area contributed by atoms with Crippen LogP contribution in [0.15, 0.2) is 30.5 Å². The molecule has 1 fully saturated rings. The molecule has 1 aliphatic rings. The zero-order chi connectivity index (χ0) is 23.8. The molecule has 0 radical (unpaired) electrons. The van der Waals surface area contributed by atoms with Gasteiger partial charge in [0.15, 0.2) is 0 Å². The number of β-amino-alcohol motifs (C(OH)–C–C–N with tert-alkyl or cyclic N) is 1. The normalized spacial score (nSPS) is 20.3. The molecule has 2 heterocycles. The summed E-state index contributed by atoms with van der Waals surface area (Å²) in [6.07, 6.45) is 1.16. The highest BCUT2D eigenvalue weighted by Gasteiger charge is 2.45. The van der Waals surface area contributed by atoms with Crippen LogP contribution in [0.3, 0.4) is 0 Å². The quantitative estimate of drug-likeness (QED) is 0.644. The third-order valence-electron chi connectivity index (χ3n) is 5.80. The number of hydrogen-bond acceptors (Lipinski definition) is 6. The zero-order valence-corrected chi connectivity index (χ0v) is 19.5. The van der Waals surface area contributed by atoms with Gasteiger partial charge in [-0.05, 0) is 30.9 Å². The highest BCUT2D eigenvalue weighted by atomic mass is 16.3. The molecule has 32 heavy (non-hydrogen) atoms. The Hall–Kier alpha value is -2.78. The van der Waals surface area contributed by atoms with Gasteiger partial charge in [-0.2, -0.15) is 0 Å². The molecule has 3 atom stereocenters. The molecule has 1 aliphatic heterocycles. The van der Waals surface area contributed by atoms with Crippen molar-refractivity contribution in [3.05, 3.63) is 36.0 Å². The minimum atomic E-state index is -0.999. The predicted molar refractivity (Wildman–Crippen MR) is 119 cm³/mol. The van der Waals surface area contributed by atoms with Gasteiger partial charge < -0.3 is 20.4 Å². The van der Waals surface area contributed by atoms with E-state index in [1.807, 2.05) is 45.0 Å². The number of aliphatic hydroxyl groups is 2. The summed E-state index contributed by atoms with van der Waals surface area (Å²) in [6, 6.07) is 5.95. The van der Waals surface area contributed by atoms with Crippen LogP contribution in [0.2, 0.25) is 0 Å². The number of nitrogens with zero attached hydrogens (tertiary/aromatic N) is 4. The van der Waals surface area contributed by atoms with Gasteiger partial charge in [0, 0.05) is 25.6 Å². The second-order valence-electron chi connectivity index (χ2n) is 10.0. The van der Waals surface area contributed by atoms with E-state index in [4.69, 9.17) is 0 Å². The number of hydrogen-bond donors (Lipinski definition) is 3. The lowest BCUT2D eigenvalue weighted by molar-refractivity contribution is -0.144. The number of rotatable bonds is 5. The Morgan fingerprint density at radius 3 is 2.50 bits per heavy atom. The molecule has 9 heteroatoms. The van der Waals surface area contributed by atoms with E-state index in [1.165, 1.54) is 16.6 Å². The second-order valence-corrected chi connectivity index (χ2v) is 10.0. The van der Waals surface area contributed by atoms with Gasteiger partial charge in [-0.1, -0.05) is 44.2 Å². The van der Waals surface area contributed by atoms with E-state index in [-0.39, 0.29) is 24.8 Å². The summed E-state index contributed by atoms with van der Waals surface area (Å²) in [7, 11) is 1.52. The topological polar surface area (TPSA) is 121 Å². The van der Waals surface area contributed by atoms with E-state index in [9.17, 15) is 19.8 Å². The van der Waals surface area contributed by atoms with Crippen molar-refractivity contribution >= 4 is 11.8 Å². The highest BCUT2D eigenvalue weighted by Crippen LogP contribution is 2.35. The van der Waals surface area contributed by atoms with Gasteiger partial charge in [-0.15, -0.1) is 5.10 Å². The number of benzene rings is 1. The molecule has 3 rings (SSSR count). The maximum atomic E-state index is 13.6. The molecule has 0 spiro atoms. The first-order valence-corrected chi connectivity index (χ1v) is 10.8. The molecule has 174 valence electrons. The van der Waals surface area contributed by atoms with E-state index in [0.717, 1.165) is 11.1 Å². The van der Waals surface area contributed by atoms with Crippen LogP contribution in [-0.2, 0) is 15.2 Å². The summed E-state index contributed by atoms with van der Waals surface area (Å²) in [6.45, 7) is 9.29. The number of amides is 2. The van der Waals surface area contributed by atoms with Crippen molar-refractivity contribution in [1.29, 1.82) is 0 Å². The zero-order valence-electron chi connectivity index (χ0n) is 19.5. The number of aliphatic hydroxyl groups excluding tert-OH is 1. The standard InChI is InChI=1S/C23H33N5O4/c1-22(2,3)19(21(31)27-12-16(29)11-18(27)20(30)24-6)28-13-17(25-26-28)14-8-7-9-15(10-14)23(4,5)32/h7-10,13,16,18-19,29,32H,11-12H2,1-6H3,(H,24,30)/t16?,18?,19-/m1/s1. The van der Waals surface area contributed by atoms with Crippen LogP contribution in [0.25, 0.3) is 11.3 Å². The van der Waals surface area contributed by atoms with E-state index in [1.54, 1.807) is 20.0 Å². The maximum absolute atomic E-state index is 13.6. The number of aromatic nitrogens is 3. The molecule has 1 aromatic heterocycles. The lowest BCUT2D eigenvalue weighted by atomic mass is 9.85. The van der Waals surface area contributed by atoms with Crippen molar-refractivity contribution in [2.45, 2.75) is 64.8 Å². The molecule has 1 aromatic carbocycles. The fraction of sp³-hybridized carbons (Fsp3) is 0.565. The Morgan fingerprint density at radius 1 is 1.22 bits per heavy atom. The van der Waals surface area contributed by atoms with Crippen molar-refractivity contribution in [2.24, 2.45) is 5.41 Å². The first-order valence-electron chi connectivity index (χ1n) is 10.8. The summed E-state index contributed by atoms with van der Waals surface area (Å²) < 4.78 is 1.53. The smallest absolute Gasteiger partial charge is 0.248 e. The molecular weight excluding hydrogens is 410 g/mol. The van der Waals surface area contributed by atoms with Crippen LogP contribution in [0.1, 0.15) is 52.6 Å². The van der Waals surface area contributed by atoms with Gasteiger partial charge in [0.25, 0.3) is 0 Å². The number of nitrogens with one attached hydrogen (secondary N) is 1. The van der Waals surface area contributed by atoms with E-state index >= 15 is 0 Å². The Labute approximate surface area is 188 Å². The van der Waals surface area contributed by atoms with Gasteiger partial charge in [0.2, 0.25) is 11.8 Å². The molecule has 2 unspecified atom stereocenters. The van der Waals surface area contributed by atoms with Crippen LogP contribution in [0.5, 0.6) is 0 Å². The van der Waals surface area contributed by atoms with Crippen molar-refractivity contribution in [1.82, 2.24) is 25.2 Å². The van der Waals surface area contributed by atoms with Crippen LogP contribution >= 0.6 is 0 Å². The predicted octanol–water partition coefficient (Wildman–Crippen LogP) is 1.47. The first-order chi connectivity index (χ1) is 14.8. The lowest BCUT2D eigenvalue weighted by Crippen LogP contribution is -2.49. The molecule has 2 amide bonds. The van der Waals surface area contributed by atoms with Crippen molar-refractivity contribution in [3.8, 4) is 11.3 Å². The Balaban J connectivity index is 1.96. The fourth-order valence-electron chi connectivity index (χ4n) is 4.10. The van der Waals surface area contributed by atoms with Gasteiger partial charge in [0.1, 0.15) is 17.8 Å². The lowest BCUT2D eigenvalue weighted by Gasteiger charge is -2.34. The van der Waals surface area contributed by atoms with E-state index < -0.39 is 29.2 Å². The minimum absolute atomic E-state index is 0.0959. The van der Waals surface area contributed by atoms with E-state index in [0.29, 0.717) is 5.69 Å². The summed E-state index contributed by atoms with van der Waals surface area (Å²) >= 11 is 0. The Bertz CT molecular complexity index is 989. The second kappa shape index (κ2) is 8.63. The minimum Gasteiger partial charge on any atom is -0.391 e. The van der Waals surface area contributed by atoms with Crippen LogP contribution < -0.4 is 5.32 Å². The molecule has 0 aliphatic carbocycles. The maximum Gasteiger partial charge on any atom is 0.248 e. The van der Waals surface area contributed by atoms with Gasteiger partial charge in [-0.25, -0.2) is 4.68 Å². The summed E-state index contributed by atoms with van der Waals surface area (Å²) in [5.74, 6) is -0.588. The molecule has 1 saturated heterocycles. The largest absolute Gasteiger partial charge is 0.391 e. The molecule has 0 saturated carbocycles. The molecule has 9 nitrogen and oxygen atoms in total. The van der Waals surface area contributed by atoms with Crippen LogP contribution in [0, 0.1) is 5.41 Å². The molecule has 0 bridgehead atoms. The van der Waals surface area contributed by atoms with Crippen LogP contribution in [-0.4, -0.2) is 67.7 Å². The fourth-order valence-corrected chi connectivity index (χ4v) is 4.10. The third kappa shape index (κ3) is 4.83. The molecule has 3 N–H and O–H groups in total. The average Bonchev–Trinajstić information content (AvgIpc) is 3.33. The Morgan fingerprint density at radius 2 is 1.91 bits per heavy atom. The third-order valence-corrected chi connectivity index (χ3v) is 5.80. The summed E-state index contributed by atoms with van der Waals surface area (Å²) in [4.78, 5) is 27.4. The molecule has 2 aromatic rings. The van der Waals surface area contributed by atoms with E-state index in [2.05, 4.69) is 15.6 Å². The number of carbonyl (C=O) groups excluding carboxylic acids is 2. The van der Waals surface area contributed by atoms with Crippen molar-refractivity contribution < 1.29 is 19.8 Å². The van der Waals surface area contributed by atoms with Crippen molar-refractivity contribution in [3.63, 3.8) is 0 Å². The van der Waals surface area contributed by atoms with Crippen LogP contribution in [0.4, 0.5) is 0 Å². The first kappa shape index (κ1) is 23.9. The monoisotopic (exact) mass is 443 g/mol. The number of likely N-dealkylation sites (tertiary alicyclic amines) is 1. The molecular formula is C23H33N5O4. The summed E-state index contributed by atoms with van der Waals surface area (Å²) in [5, 5.41) is 31.5. The number of likely N-dealkylation sites (N-methyl/N-ethyl adjacent to an activating group) is 1. The average molecular weight is 444 g/mol.